The van der Waals surface area contributed by atoms with Crippen molar-refractivity contribution in [2.75, 3.05) is 13.1 Å². The van der Waals surface area contributed by atoms with E-state index in [1.54, 1.807) is 6.92 Å². The molecule has 1 aliphatic heterocycles. The van der Waals surface area contributed by atoms with Crippen LogP contribution >= 0.6 is 15.9 Å². The lowest BCUT2D eigenvalue weighted by atomic mass is 10.0. The molecule has 21 heavy (non-hydrogen) atoms. The van der Waals surface area contributed by atoms with E-state index in [2.05, 4.69) is 38.3 Å². The van der Waals surface area contributed by atoms with E-state index in [1.807, 2.05) is 12.1 Å². The fourth-order valence-electron chi connectivity index (χ4n) is 2.63. The molecule has 5 heteroatoms. The highest BCUT2D eigenvalue weighted by Crippen LogP contribution is 2.22. The Hall–Kier alpha value is -0.520. The third-order valence-electron chi connectivity index (χ3n) is 4.19. The molecule has 0 radical (unpaired) electrons. The minimum Gasteiger partial charge on any atom is -0.306 e. The number of alkyl halides is 2. The lowest BCUT2D eigenvalue weighted by Crippen LogP contribution is -2.50. The monoisotopic (exact) mass is 360 g/mol. The van der Waals surface area contributed by atoms with Gasteiger partial charge in [0.25, 0.3) is 5.92 Å². The quantitative estimate of drug-likeness (QED) is 0.851. The molecule has 118 valence electrons. The van der Waals surface area contributed by atoms with Gasteiger partial charge in [0.1, 0.15) is 0 Å². The van der Waals surface area contributed by atoms with Crippen LogP contribution in [0.2, 0.25) is 0 Å². The summed E-state index contributed by atoms with van der Waals surface area (Å²) in [5, 5.41) is 3.07. The van der Waals surface area contributed by atoms with E-state index in [-0.39, 0.29) is 6.04 Å². The molecule has 1 aromatic rings. The summed E-state index contributed by atoms with van der Waals surface area (Å²) in [7, 11) is 0. The van der Waals surface area contributed by atoms with E-state index in [1.165, 1.54) is 5.56 Å². The Kier molecular flexibility index (Phi) is 5.74. The number of piperidine rings is 1. The van der Waals surface area contributed by atoms with Crippen molar-refractivity contribution in [1.82, 2.24) is 10.2 Å². The van der Waals surface area contributed by atoms with Gasteiger partial charge in [-0.15, -0.1) is 0 Å². The first kappa shape index (κ1) is 16.8. The van der Waals surface area contributed by atoms with Crippen LogP contribution in [-0.2, 0) is 6.54 Å². The maximum Gasteiger partial charge on any atom is 0.260 e. The molecule has 1 aromatic carbocycles. The molecule has 1 aliphatic rings. The first-order valence-electron chi connectivity index (χ1n) is 7.46. The topological polar surface area (TPSA) is 15.3 Å². The molecule has 1 atom stereocenters. The van der Waals surface area contributed by atoms with Gasteiger partial charge in [-0.3, -0.25) is 4.90 Å². The second-order valence-corrected chi connectivity index (χ2v) is 6.84. The number of hydrogen-bond donors (Lipinski definition) is 1. The summed E-state index contributed by atoms with van der Waals surface area (Å²) in [4.78, 5) is 2.38. The molecular formula is C16H23BrF2N2. The molecule has 0 saturated carbocycles. The Morgan fingerprint density at radius 1 is 1.33 bits per heavy atom. The highest BCUT2D eigenvalue weighted by Gasteiger charge is 2.32. The van der Waals surface area contributed by atoms with Gasteiger partial charge >= 0.3 is 0 Å². The average molecular weight is 361 g/mol. The van der Waals surface area contributed by atoms with Gasteiger partial charge in [-0.2, -0.15) is 0 Å². The number of halogens is 3. The zero-order chi connectivity index (χ0) is 15.5. The molecule has 1 saturated heterocycles. The number of nitrogens with zero attached hydrogens (tertiary/aromatic N) is 1. The van der Waals surface area contributed by atoms with Crippen LogP contribution in [-0.4, -0.2) is 36.0 Å². The maximum atomic E-state index is 13.2. The summed E-state index contributed by atoms with van der Waals surface area (Å²) >= 11 is 3.57. The molecule has 0 bridgehead atoms. The van der Waals surface area contributed by atoms with Gasteiger partial charge in [0, 0.05) is 24.0 Å². The minimum absolute atomic E-state index is 0.196. The van der Waals surface area contributed by atoms with Crippen LogP contribution in [0, 0.1) is 0 Å². The number of rotatable bonds is 5. The van der Waals surface area contributed by atoms with Crippen molar-refractivity contribution >= 4 is 15.9 Å². The van der Waals surface area contributed by atoms with Gasteiger partial charge in [-0.05, 0) is 44.5 Å². The zero-order valence-electron chi connectivity index (χ0n) is 12.6. The van der Waals surface area contributed by atoms with Crippen LogP contribution < -0.4 is 5.32 Å². The first-order valence-corrected chi connectivity index (χ1v) is 8.25. The lowest BCUT2D eigenvalue weighted by molar-refractivity contribution is -0.0184. The van der Waals surface area contributed by atoms with Crippen molar-refractivity contribution in [3.8, 4) is 0 Å². The van der Waals surface area contributed by atoms with E-state index in [0.29, 0.717) is 0 Å². The molecule has 1 unspecified atom stereocenters. The summed E-state index contributed by atoms with van der Waals surface area (Å²) in [6, 6.07) is 7.65. The minimum atomic E-state index is -2.66. The van der Waals surface area contributed by atoms with Gasteiger partial charge in [-0.1, -0.05) is 34.1 Å². The second-order valence-electron chi connectivity index (χ2n) is 5.99. The van der Waals surface area contributed by atoms with Crippen molar-refractivity contribution in [1.29, 1.82) is 0 Å². The largest absolute Gasteiger partial charge is 0.306 e. The van der Waals surface area contributed by atoms with E-state index < -0.39 is 12.0 Å². The van der Waals surface area contributed by atoms with Gasteiger partial charge in [0.05, 0.1) is 6.04 Å². The van der Waals surface area contributed by atoms with E-state index in [9.17, 15) is 8.78 Å². The van der Waals surface area contributed by atoms with Crippen LogP contribution in [0.1, 0.15) is 32.3 Å². The van der Waals surface area contributed by atoms with E-state index in [4.69, 9.17) is 0 Å². The smallest absolute Gasteiger partial charge is 0.260 e. The zero-order valence-corrected chi connectivity index (χ0v) is 14.2. The molecule has 0 aromatic heterocycles. The fraction of sp³-hybridized carbons (Fsp3) is 0.625. The van der Waals surface area contributed by atoms with Crippen molar-refractivity contribution in [3.05, 3.63) is 34.3 Å². The average Bonchev–Trinajstić information content (AvgIpc) is 2.42. The second kappa shape index (κ2) is 7.16. The van der Waals surface area contributed by atoms with Crippen LogP contribution in [0.3, 0.4) is 0 Å². The first-order chi connectivity index (χ1) is 9.86. The Balaban J connectivity index is 1.80. The SMILES string of the molecule is CC(NC1CCN(Cc2ccccc2Br)CC1)C(C)(F)F. The van der Waals surface area contributed by atoms with Gasteiger partial charge in [0.15, 0.2) is 0 Å². The predicted octanol–water partition coefficient (Wildman–Crippen LogP) is 4.05. The van der Waals surface area contributed by atoms with Gasteiger partial charge in [-0.25, -0.2) is 8.78 Å². The normalized spacial score (nSPS) is 19.7. The highest BCUT2D eigenvalue weighted by atomic mass is 79.9. The molecule has 0 aliphatic carbocycles. The van der Waals surface area contributed by atoms with Crippen molar-refractivity contribution in [2.24, 2.45) is 0 Å². The van der Waals surface area contributed by atoms with Crippen molar-refractivity contribution < 1.29 is 8.78 Å². The molecule has 1 fully saturated rings. The Bertz CT molecular complexity index is 454. The van der Waals surface area contributed by atoms with Crippen molar-refractivity contribution in [3.63, 3.8) is 0 Å². The fourth-order valence-corrected chi connectivity index (χ4v) is 3.04. The molecule has 1 N–H and O–H groups in total. The summed E-state index contributed by atoms with van der Waals surface area (Å²) in [5.41, 5.74) is 1.28. The van der Waals surface area contributed by atoms with Gasteiger partial charge in [0.2, 0.25) is 0 Å². The Morgan fingerprint density at radius 2 is 1.95 bits per heavy atom. The lowest BCUT2D eigenvalue weighted by Gasteiger charge is -2.35. The predicted molar refractivity (Wildman–Crippen MR) is 85.7 cm³/mol. The molecular weight excluding hydrogens is 338 g/mol. The Labute approximate surface area is 134 Å². The van der Waals surface area contributed by atoms with Crippen LogP contribution in [0.4, 0.5) is 8.78 Å². The van der Waals surface area contributed by atoms with Crippen LogP contribution in [0.25, 0.3) is 0 Å². The summed E-state index contributed by atoms with van der Waals surface area (Å²) in [6.07, 6.45) is 1.84. The van der Waals surface area contributed by atoms with E-state index in [0.717, 1.165) is 43.9 Å². The number of likely N-dealkylation sites (tertiary alicyclic amines) is 1. The molecule has 2 rings (SSSR count). The number of benzene rings is 1. The molecule has 0 amide bonds. The van der Waals surface area contributed by atoms with E-state index >= 15 is 0 Å². The third kappa shape index (κ3) is 5.01. The number of nitrogens with one attached hydrogen (secondary N) is 1. The summed E-state index contributed by atoms with van der Waals surface area (Å²) < 4.78 is 27.5. The summed E-state index contributed by atoms with van der Waals surface area (Å²) in [5.74, 6) is -2.66. The highest BCUT2D eigenvalue weighted by molar-refractivity contribution is 9.10. The third-order valence-corrected chi connectivity index (χ3v) is 4.96. The Morgan fingerprint density at radius 3 is 2.52 bits per heavy atom. The van der Waals surface area contributed by atoms with Crippen LogP contribution in [0.15, 0.2) is 28.7 Å². The van der Waals surface area contributed by atoms with Crippen LogP contribution in [0.5, 0.6) is 0 Å². The van der Waals surface area contributed by atoms with Gasteiger partial charge < -0.3 is 5.32 Å². The standard InChI is InChI=1S/C16H23BrF2N2/c1-12(16(2,18)19)20-14-7-9-21(10-8-14)11-13-5-3-4-6-15(13)17/h3-6,12,14,20H,7-11H2,1-2H3. The molecule has 1 heterocycles. The maximum absolute atomic E-state index is 13.2. The number of hydrogen-bond acceptors (Lipinski definition) is 2. The summed E-state index contributed by atoms with van der Waals surface area (Å²) in [6.45, 7) is 5.34. The van der Waals surface area contributed by atoms with Crippen molar-refractivity contribution in [2.45, 2.75) is 51.2 Å². The molecule has 0 spiro atoms. The molecule has 2 nitrogen and oxygen atoms in total.